The molecular formula is C15H14F3N5. The molecule has 1 aromatic heterocycles. The van der Waals surface area contributed by atoms with Crippen LogP contribution >= 0.6 is 0 Å². The number of rotatable bonds is 5. The van der Waals surface area contributed by atoms with Gasteiger partial charge < -0.3 is 9.88 Å². The van der Waals surface area contributed by atoms with Crippen LogP contribution in [0.4, 0.5) is 18.9 Å². The first kappa shape index (κ1) is 15.3. The molecule has 8 heteroatoms. The van der Waals surface area contributed by atoms with Crippen molar-refractivity contribution in [3.8, 4) is 6.07 Å². The van der Waals surface area contributed by atoms with Crippen molar-refractivity contribution in [3.05, 3.63) is 41.5 Å². The number of alkyl halides is 3. The first-order valence-corrected chi connectivity index (χ1v) is 7.22. The van der Waals surface area contributed by atoms with Gasteiger partial charge in [-0.15, -0.1) is 10.2 Å². The monoisotopic (exact) mass is 321 g/mol. The van der Waals surface area contributed by atoms with E-state index in [1.807, 2.05) is 4.57 Å². The standard InChI is InChI=1S/C15H14F3N5/c16-15(17,18)13-4-3-12(7-11(13)8-19)20-5-6-23-9-21-22-14(23)10-1-2-10/h3-4,7,9-10,20H,1-2,5-6H2. The summed E-state index contributed by atoms with van der Waals surface area (Å²) in [5, 5.41) is 19.9. The molecule has 0 aliphatic heterocycles. The Morgan fingerprint density at radius 1 is 1.35 bits per heavy atom. The Balaban J connectivity index is 1.64. The van der Waals surface area contributed by atoms with Gasteiger partial charge in [0.15, 0.2) is 0 Å². The van der Waals surface area contributed by atoms with Crippen molar-refractivity contribution in [2.24, 2.45) is 0 Å². The SMILES string of the molecule is N#Cc1cc(NCCn2cnnc2C2CC2)ccc1C(F)(F)F. The van der Waals surface area contributed by atoms with Gasteiger partial charge in [-0.3, -0.25) is 0 Å². The molecule has 0 spiro atoms. The molecule has 1 fully saturated rings. The Kier molecular flexibility index (Phi) is 3.94. The third kappa shape index (κ3) is 3.44. The number of nitriles is 1. The quantitative estimate of drug-likeness (QED) is 0.918. The van der Waals surface area contributed by atoms with E-state index in [-0.39, 0.29) is 5.56 Å². The molecule has 1 saturated carbocycles. The number of aromatic nitrogens is 3. The van der Waals surface area contributed by atoms with Crippen LogP contribution in [0.25, 0.3) is 0 Å². The van der Waals surface area contributed by atoms with Gasteiger partial charge >= 0.3 is 6.18 Å². The van der Waals surface area contributed by atoms with Crippen LogP contribution in [0.15, 0.2) is 24.5 Å². The average Bonchev–Trinajstić information content (AvgIpc) is 3.25. The molecule has 0 radical (unpaired) electrons. The molecule has 1 aliphatic carbocycles. The van der Waals surface area contributed by atoms with Crippen molar-refractivity contribution >= 4 is 5.69 Å². The molecule has 1 aliphatic rings. The molecule has 0 amide bonds. The van der Waals surface area contributed by atoms with Gasteiger partial charge in [-0.25, -0.2) is 0 Å². The van der Waals surface area contributed by atoms with E-state index in [0.717, 1.165) is 24.7 Å². The third-order valence-electron chi connectivity index (χ3n) is 3.72. The van der Waals surface area contributed by atoms with E-state index in [9.17, 15) is 13.2 Å². The largest absolute Gasteiger partial charge is 0.417 e. The summed E-state index contributed by atoms with van der Waals surface area (Å²) < 4.78 is 40.2. The molecular weight excluding hydrogens is 307 g/mol. The molecule has 0 saturated heterocycles. The number of nitrogens with one attached hydrogen (secondary N) is 1. The summed E-state index contributed by atoms with van der Waals surface area (Å²) in [7, 11) is 0. The van der Waals surface area contributed by atoms with Crippen molar-refractivity contribution in [2.45, 2.75) is 31.5 Å². The number of halogens is 3. The van der Waals surface area contributed by atoms with E-state index in [4.69, 9.17) is 5.26 Å². The van der Waals surface area contributed by atoms with Crippen molar-refractivity contribution in [1.29, 1.82) is 5.26 Å². The van der Waals surface area contributed by atoms with E-state index in [1.54, 1.807) is 12.4 Å². The van der Waals surface area contributed by atoms with E-state index in [0.29, 0.717) is 24.7 Å². The Hall–Kier alpha value is -2.56. The highest BCUT2D eigenvalue weighted by Crippen LogP contribution is 2.38. The van der Waals surface area contributed by atoms with Gasteiger partial charge in [-0.1, -0.05) is 0 Å². The minimum atomic E-state index is -4.52. The summed E-state index contributed by atoms with van der Waals surface area (Å²) in [5.74, 6) is 1.44. The molecule has 0 bridgehead atoms. The van der Waals surface area contributed by atoms with Crippen LogP contribution in [0.5, 0.6) is 0 Å². The molecule has 1 aromatic carbocycles. The van der Waals surface area contributed by atoms with Crippen molar-refractivity contribution in [1.82, 2.24) is 14.8 Å². The van der Waals surface area contributed by atoms with Crippen LogP contribution in [-0.4, -0.2) is 21.3 Å². The summed E-state index contributed by atoms with van der Waals surface area (Å²) in [4.78, 5) is 0. The second kappa shape index (κ2) is 5.91. The molecule has 0 unspecified atom stereocenters. The zero-order valence-corrected chi connectivity index (χ0v) is 12.1. The van der Waals surface area contributed by atoms with Gasteiger partial charge in [0.2, 0.25) is 0 Å². The highest BCUT2D eigenvalue weighted by atomic mass is 19.4. The maximum Gasteiger partial charge on any atom is 0.417 e. The van der Waals surface area contributed by atoms with E-state index >= 15 is 0 Å². The molecule has 0 atom stereocenters. The fourth-order valence-electron chi connectivity index (χ4n) is 2.41. The molecule has 1 N–H and O–H groups in total. The molecule has 3 rings (SSSR count). The van der Waals surface area contributed by atoms with Crippen LogP contribution in [-0.2, 0) is 12.7 Å². The van der Waals surface area contributed by atoms with E-state index in [2.05, 4.69) is 15.5 Å². The lowest BCUT2D eigenvalue weighted by Crippen LogP contribution is -2.13. The lowest BCUT2D eigenvalue weighted by Gasteiger charge is -2.12. The molecule has 1 heterocycles. The Morgan fingerprint density at radius 2 is 2.13 bits per heavy atom. The summed E-state index contributed by atoms with van der Waals surface area (Å²) in [6.07, 6.45) is -0.624. The predicted molar refractivity (Wildman–Crippen MR) is 76.6 cm³/mol. The minimum absolute atomic E-state index is 0.384. The zero-order chi connectivity index (χ0) is 16.4. The van der Waals surface area contributed by atoms with Gasteiger partial charge in [0.25, 0.3) is 0 Å². The highest BCUT2D eigenvalue weighted by Gasteiger charge is 2.33. The Labute approximate surface area is 130 Å². The topological polar surface area (TPSA) is 66.5 Å². The molecule has 120 valence electrons. The Bertz CT molecular complexity index is 740. The first-order chi connectivity index (χ1) is 11.0. The van der Waals surface area contributed by atoms with Gasteiger partial charge in [0, 0.05) is 24.7 Å². The Morgan fingerprint density at radius 3 is 2.78 bits per heavy atom. The van der Waals surface area contributed by atoms with Crippen LogP contribution < -0.4 is 5.32 Å². The second-order valence-electron chi connectivity index (χ2n) is 5.45. The fraction of sp³-hybridized carbons (Fsp3) is 0.400. The number of hydrogen-bond acceptors (Lipinski definition) is 4. The van der Waals surface area contributed by atoms with Crippen molar-refractivity contribution < 1.29 is 13.2 Å². The lowest BCUT2D eigenvalue weighted by molar-refractivity contribution is -0.137. The van der Waals surface area contributed by atoms with Gasteiger partial charge in [0.05, 0.1) is 17.2 Å². The number of anilines is 1. The van der Waals surface area contributed by atoms with Gasteiger partial charge in [-0.05, 0) is 31.0 Å². The van der Waals surface area contributed by atoms with E-state index < -0.39 is 11.7 Å². The fourth-order valence-corrected chi connectivity index (χ4v) is 2.41. The molecule has 2 aromatic rings. The first-order valence-electron chi connectivity index (χ1n) is 7.22. The number of hydrogen-bond donors (Lipinski definition) is 1. The zero-order valence-electron chi connectivity index (χ0n) is 12.1. The van der Waals surface area contributed by atoms with Crippen molar-refractivity contribution in [3.63, 3.8) is 0 Å². The maximum atomic E-state index is 12.7. The van der Waals surface area contributed by atoms with E-state index in [1.165, 1.54) is 12.1 Å². The summed E-state index contributed by atoms with van der Waals surface area (Å²) in [6.45, 7) is 1.12. The van der Waals surface area contributed by atoms with Gasteiger partial charge in [-0.2, -0.15) is 18.4 Å². The highest BCUT2D eigenvalue weighted by molar-refractivity contribution is 5.53. The number of benzene rings is 1. The maximum absolute atomic E-state index is 12.7. The van der Waals surface area contributed by atoms with Crippen LogP contribution in [0, 0.1) is 11.3 Å². The normalized spacial score (nSPS) is 14.5. The summed E-state index contributed by atoms with van der Waals surface area (Å²) in [5.41, 5.74) is -0.818. The average molecular weight is 321 g/mol. The molecule has 23 heavy (non-hydrogen) atoms. The smallest absolute Gasteiger partial charge is 0.383 e. The van der Waals surface area contributed by atoms with Crippen molar-refractivity contribution in [2.75, 3.05) is 11.9 Å². The van der Waals surface area contributed by atoms with Crippen LogP contribution in [0.1, 0.15) is 35.7 Å². The minimum Gasteiger partial charge on any atom is -0.383 e. The second-order valence-corrected chi connectivity index (χ2v) is 5.45. The van der Waals surface area contributed by atoms with Crippen LogP contribution in [0.3, 0.4) is 0 Å². The molecule has 5 nitrogen and oxygen atoms in total. The third-order valence-corrected chi connectivity index (χ3v) is 3.72. The summed E-state index contributed by atoms with van der Waals surface area (Å²) >= 11 is 0. The van der Waals surface area contributed by atoms with Crippen LogP contribution in [0.2, 0.25) is 0 Å². The van der Waals surface area contributed by atoms with Gasteiger partial charge in [0.1, 0.15) is 12.2 Å². The number of nitrogens with zero attached hydrogens (tertiary/aromatic N) is 4. The summed E-state index contributed by atoms with van der Waals surface area (Å²) in [6, 6.07) is 5.07. The lowest BCUT2D eigenvalue weighted by atomic mass is 10.1. The predicted octanol–water partition coefficient (Wildman–Crippen LogP) is 3.16.